The highest BCUT2D eigenvalue weighted by Gasteiger charge is 2.58. The van der Waals surface area contributed by atoms with E-state index in [4.69, 9.17) is 4.74 Å². The largest absolute Gasteiger partial charge is 0.481 e. The summed E-state index contributed by atoms with van der Waals surface area (Å²) in [5, 5.41) is 13.2. The van der Waals surface area contributed by atoms with E-state index in [1.165, 1.54) is 28.7 Å². The van der Waals surface area contributed by atoms with Crippen LogP contribution in [-0.4, -0.2) is 29.8 Å². The standard InChI is InChI=1S/C28H33NO4/c1-2-28(25(30)31)18-27(14-8-3-9-15-27)16-24(28)29-26(32)33-17-23-21-12-6-4-10-19(21)20-11-5-7-13-22(20)23/h4-7,10-13,23-24H,2-3,8-9,14-18H2,1H3,(H,29,32)(H,30,31). The fraction of sp³-hybridized carbons (Fsp3) is 0.500. The molecule has 174 valence electrons. The van der Waals surface area contributed by atoms with E-state index in [0.29, 0.717) is 12.8 Å². The lowest BCUT2D eigenvalue weighted by Gasteiger charge is -2.34. The molecule has 0 heterocycles. The molecule has 2 aromatic rings. The highest BCUT2D eigenvalue weighted by Crippen LogP contribution is 2.57. The molecular weight excluding hydrogens is 414 g/mol. The quantitative estimate of drug-likeness (QED) is 0.579. The summed E-state index contributed by atoms with van der Waals surface area (Å²) in [4.78, 5) is 25.4. The summed E-state index contributed by atoms with van der Waals surface area (Å²) in [6.45, 7) is 2.17. The lowest BCUT2D eigenvalue weighted by atomic mass is 9.70. The maximum atomic E-state index is 13.0. The highest BCUT2D eigenvalue weighted by atomic mass is 16.5. The van der Waals surface area contributed by atoms with E-state index in [-0.39, 0.29) is 17.9 Å². The Labute approximate surface area is 195 Å². The van der Waals surface area contributed by atoms with E-state index in [2.05, 4.69) is 29.6 Å². The first kappa shape index (κ1) is 22.0. The molecule has 5 rings (SSSR count). The lowest BCUT2D eigenvalue weighted by Crippen LogP contribution is -2.48. The van der Waals surface area contributed by atoms with Crippen molar-refractivity contribution < 1.29 is 19.4 Å². The Morgan fingerprint density at radius 1 is 1.00 bits per heavy atom. The van der Waals surface area contributed by atoms with Crippen LogP contribution in [0.5, 0.6) is 0 Å². The van der Waals surface area contributed by atoms with Crippen molar-refractivity contribution in [2.45, 2.75) is 70.3 Å². The first-order valence-electron chi connectivity index (χ1n) is 12.3. The van der Waals surface area contributed by atoms with Gasteiger partial charge in [-0.05, 0) is 59.8 Å². The summed E-state index contributed by atoms with van der Waals surface area (Å²) in [6, 6.07) is 16.1. The van der Waals surface area contributed by atoms with Gasteiger partial charge in [-0.15, -0.1) is 0 Å². The molecule has 0 radical (unpaired) electrons. The first-order chi connectivity index (χ1) is 16.0. The van der Waals surface area contributed by atoms with E-state index < -0.39 is 23.5 Å². The second-order valence-corrected chi connectivity index (χ2v) is 10.3. The predicted octanol–water partition coefficient (Wildman–Crippen LogP) is 6.12. The van der Waals surface area contributed by atoms with Crippen molar-refractivity contribution in [2.24, 2.45) is 10.8 Å². The molecular formula is C28H33NO4. The topological polar surface area (TPSA) is 75.6 Å². The highest BCUT2D eigenvalue weighted by molar-refractivity contribution is 5.80. The Hall–Kier alpha value is -2.82. The van der Waals surface area contributed by atoms with Gasteiger partial charge in [0.2, 0.25) is 0 Å². The summed E-state index contributed by atoms with van der Waals surface area (Å²) < 4.78 is 5.75. The Morgan fingerprint density at radius 2 is 1.61 bits per heavy atom. The third-order valence-corrected chi connectivity index (χ3v) is 8.60. The number of rotatable bonds is 5. The Morgan fingerprint density at radius 3 is 2.18 bits per heavy atom. The normalized spacial score (nSPS) is 25.4. The molecule has 2 fully saturated rings. The van der Waals surface area contributed by atoms with Crippen molar-refractivity contribution in [3.63, 3.8) is 0 Å². The van der Waals surface area contributed by atoms with Crippen LogP contribution in [0.1, 0.15) is 75.3 Å². The number of fused-ring (bicyclic) bond motifs is 3. The average Bonchev–Trinajstić information content (AvgIpc) is 3.31. The van der Waals surface area contributed by atoms with Crippen molar-refractivity contribution in [1.82, 2.24) is 5.32 Å². The number of hydrogen-bond acceptors (Lipinski definition) is 3. The van der Waals surface area contributed by atoms with Gasteiger partial charge in [0.25, 0.3) is 0 Å². The van der Waals surface area contributed by atoms with E-state index in [9.17, 15) is 14.7 Å². The number of benzene rings is 2. The summed E-state index contributed by atoms with van der Waals surface area (Å²) >= 11 is 0. The minimum Gasteiger partial charge on any atom is -0.481 e. The van der Waals surface area contributed by atoms with Crippen molar-refractivity contribution in [3.8, 4) is 11.1 Å². The van der Waals surface area contributed by atoms with Crippen molar-refractivity contribution in [1.29, 1.82) is 0 Å². The molecule has 1 spiro atoms. The Balaban J connectivity index is 1.31. The molecule has 2 saturated carbocycles. The maximum absolute atomic E-state index is 13.0. The SMILES string of the molecule is CCC1(C(=O)O)CC2(CCCCC2)CC1NC(=O)OCC1c2ccccc2-c2ccccc21. The Kier molecular flexibility index (Phi) is 5.67. The Bertz CT molecular complexity index is 1010. The summed E-state index contributed by atoms with van der Waals surface area (Å²) in [5.41, 5.74) is 3.83. The minimum absolute atomic E-state index is 0.00757. The number of nitrogens with one attached hydrogen (secondary N) is 1. The molecule has 0 aliphatic heterocycles. The summed E-state index contributed by atoms with van der Waals surface area (Å²) in [7, 11) is 0. The van der Waals surface area contributed by atoms with Gasteiger partial charge in [0.15, 0.2) is 0 Å². The van der Waals surface area contributed by atoms with Crippen LogP contribution in [-0.2, 0) is 9.53 Å². The molecule has 2 N–H and O–H groups in total. The van der Waals surface area contributed by atoms with Crippen LogP contribution in [0.25, 0.3) is 11.1 Å². The van der Waals surface area contributed by atoms with Gasteiger partial charge in [0.1, 0.15) is 6.61 Å². The number of carbonyl (C=O) groups is 2. The number of hydrogen-bond donors (Lipinski definition) is 2. The number of amides is 1. The molecule has 0 saturated heterocycles. The van der Waals surface area contributed by atoms with Crippen molar-refractivity contribution in [3.05, 3.63) is 59.7 Å². The van der Waals surface area contributed by atoms with Crippen LogP contribution in [0.2, 0.25) is 0 Å². The summed E-state index contributed by atoms with van der Waals surface area (Å²) in [6.07, 6.45) is 7.03. The van der Waals surface area contributed by atoms with Gasteiger partial charge >= 0.3 is 12.1 Å². The zero-order chi connectivity index (χ0) is 23.1. The third kappa shape index (κ3) is 3.71. The lowest BCUT2D eigenvalue weighted by molar-refractivity contribution is -0.150. The number of carbonyl (C=O) groups excluding carboxylic acids is 1. The molecule has 0 bridgehead atoms. The van der Waals surface area contributed by atoms with E-state index in [0.717, 1.165) is 32.1 Å². The van der Waals surface area contributed by atoms with Gasteiger partial charge in [0.05, 0.1) is 5.41 Å². The molecule has 33 heavy (non-hydrogen) atoms. The van der Waals surface area contributed by atoms with Crippen LogP contribution in [0.4, 0.5) is 4.79 Å². The second-order valence-electron chi connectivity index (χ2n) is 10.3. The molecule has 5 heteroatoms. The van der Waals surface area contributed by atoms with Gasteiger partial charge in [-0.1, -0.05) is 74.7 Å². The fourth-order valence-corrected chi connectivity index (χ4v) is 6.89. The molecule has 1 amide bonds. The average molecular weight is 448 g/mol. The number of carboxylic acid groups (broad SMARTS) is 1. The van der Waals surface area contributed by atoms with Crippen LogP contribution < -0.4 is 5.32 Å². The monoisotopic (exact) mass is 447 g/mol. The number of alkyl carbamates (subject to hydrolysis) is 1. The third-order valence-electron chi connectivity index (χ3n) is 8.60. The van der Waals surface area contributed by atoms with Gasteiger partial charge in [0, 0.05) is 12.0 Å². The van der Waals surface area contributed by atoms with E-state index in [1.54, 1.807) is 0 Å². The molecule has 2 aromatic carbocycles. The smallest absolute Gasteiger partial charge is 0.407 e. The van der Waals surface area contributed by atoms with Crippen LogP contribution >= 0.6 is 0 Å². The maximum Gasteiger partial charge on any atom is 0.407 e. The van der Waals surface area contributed by atoms with Gasteiger partial charge in [-0.3, -0.25) is 4.79 Å². The zero-order valence-electron chi connectivity index (χ0n) is 19.3. The molecule has 2 atom stereocenters. The zero-order valence-corrected chi connectivity index (χ0v) is 19.3. The molecule has 0 aromatic heterocycles. The number of aliphatic carboxylic acids is 1. The van der Waals surface area contributed by atoms with E-state index >= 15 is 0 Å². The fourth-order valence-electron chi connectivity index (χ4n) is 6.89. The molecule has 3 aliphatic carbocycles. The predicted molar refractivity (Wildman–Crippen MR) is 127 cm³/mol. The first-order valence-corrected chi connectivity index (χ1v) is 12.3. The van der Waals surface area contributed by atoms with E-state index in [1.807, 2.05) is 31.2 Å². The number of ether oxygens (including phenoxy) is 1. The summed E-state index contributed by atoms with van der Waals surface area (Å²) in [5.74, 6) is -0.803. The molecule has 3 aliphatic rings. The van der Waals surface area contributed by atoms with Gasteiger partial charge in [-0.2, -0.15) is 0 Å². The van der Waals surface area contributed by atoms with Crippen molar-refractivity contribution >= 4 is 12.1 Å². The van der Waals surface area contributed by atoms with Crippen LogP contribution in [0.3, 0.4) is 0 Å². The second kappa shape index (κ2) is 8.51. The van der Waals surface area contributed by atoms with Crippen LogP contribution in [0.15, 0.2) is 48.5 Å². The molecule has 2 unspecified atom stereocenters. The number of carboxylic acids is 1. The van der Waals surface area contributed by atoms with Gasteiger partial charge < -0.3 is 15.2 Å². The van der Waals surface area contributed by atoms with Crippen molar-refractivity contribution in [2.75, 3.05) is 6.61 Å². The molecule has 5 nitrogen and oxygen atoms in total. The van der Waals surface area contributed by atoms with Gasteiger partial charge in [-0.25, -0.2) is 4.79 Å². The van der Waals surface area contributed by atoms with Crippen LogP contribution in [0, 0.1) is 10.8 Å². The minimum atomic E-state index is -0.914.